The summed E-state index contributed by atoms with van der Waals surface area (Å²) in [7, 11) is 1.58. The Bertz CT molecular complexity index is 612. The highest BCUT2D eigenvalue weighted by molar-refractivity contribution is 5.85. The molecule has 0 bridgehead atoms. The van der Waals surface area contributed by atoms with Gasteiger partial charge in [0.25, 0.3) is 0 Å². The predicted octanol–water partition coefficient (Wildman–Crippen LogP) is 2.94. The molecule has 2 aromatic rings. The third-order valence-electron chi connectivity index (χ3n) is 4.20. The van der Waals surface area contributed by atoms with Crippen LogP contribution in [0.15, 0.2) is 22.9 Å². The van der Waals surface area contributed by atoms with Gasteiger partial charge in [0.05, 0.1) is 13.0 Å². The Hall–Kier alpha value is -1.66. The van der Waals surface area contributed by atoms with Crippen LogP contribution in [0.1, 0.15) is 44.4 Å². The van der Waals surface area contributed by atoms with Gasteiger partial charge in [-0.1, -0.05) is 18.0 Å². The zero-order valence-electron chi connectivity index (χ0n) is 12.8. The maximum absolute atomic E-state index is 6.38. The lowest BCUT2D eigenvalue weighted by Crippen LogP contribution is -2.44. The second-order valence-corrected chi connectivity index (χ2v) is 5.85. The monoisotopic (exact) mass is 324 g/mol. The molecule has 1 saturated carbocycles. The molecule has 2 unspecified atom stereocenters. The number of halogens is 1. The number of aromatic nitrogens is 3. The summed E-state index contributed by atoms with van der Waals surface area (Å²) >= 11 is 0. The molecule has 2 N–H and O–H groups in total. The van der Waals surface area contributed by atoms with Crippen LogP contribution < -0.4 is 10.5 Å². The van der Waals surface area contributed by atoms with E-state index in [0.29, 0.717) is 17.6 Å². The fourth-order valence-corrected chi connectivity index (χ4v) is 2.89. The highest BCUT2D eigenvalue weighted by atomic mass is 35.5. The van der Waals surface area contributed by atoms with E-state index < -0.39 is 0 Å². The molecule has 1 aliphatic rings. The van der Waals surface area contributed by atoms with Crippen LogP contribution in [0.4, 0.5) is 0 Å². The highest BCUT2D eigenvalue weighted by Crippen LogP contribution is 2.38. The first-order chi connectivity index (χ1) is 10.1. The SMILES string of the molecule is COc1ccc(-c2noc(C3CCCCC3(C)N)n2)cn1.Cl. The largest absolute Gasteiger partial charge is 0.481 e. The van der Waals surface area contributed by atoms with Crippen molar-refractivity contribution in [1.82, 2.24) is 15.1 Å². The fourth-order valence-electron chi connectivity index (χ4n) is 2.89. The quantitative estimate of drug-likeness (QED) is 0.934. The average molecular weight is 325 g/mol. The van der Waals surface area contributed by atoms with E-state index in [1.807, 2.05) is 6.07 Å². The summed E-state index contributed by atoms with van der Waals surface area (Å²) in [5.41, 5.74) is 6.91. The molecule has 0 saturated heterocycles. The molecular weight excluding hydrogens is 304 g/mol. The minimum Gasteiger partial charge on any atom is -0.481 e. The van der Waals surface area contributed by atoms with Gasteiger partial charge in [0.2, 0.25) is 17.6 Å². The molecule has 1 aliphatic carbocycles. The molecule has 1 fully saturated rings. The van der Waals surface area contributed by atoms with Gasteiger partial charge >= 0.3 is 0 Å². The standard InChI is InChI=1S/C15H20N4O2.ClH/c1-15(16)8-4-3-5-11(15)14-18-13(19-21-14)10-6-7-12(20-2)17-9-10;/h6-7,9,11H,3-5,8,16H2,1-2H3;1H. The van der Waals surface area contributed by atoms with Crippen LogP contribution in [0.25, 0.3) is 11.4 Å². The molecule has 0 amide bonds. The first kappa shape index (κ1) is 16.7. The number of hydrogen-bond donors (Lipinski definition) is 1. The molecule has 2 aromatic heterocycles. The van der Waals surface area contributed by atoms with Gasteiger partial charge in [-0.15, -0.1) is 12.4 Å². The van der Waals surface area contributed by atoms with Crippen molar-refractivity contribution >= 4 is 12.4 Å². The summed E-state index contributed by atoms with van der Waals surface area (Å²) in [6.45, 7) is 2.07. The van der Waals surface area contributed by atoms with Gasteiger partial charge in [0, 0.05) is 23.4 Å². The normalized spacial score (nSPS) is 24.6. The van der Waals surface area contributed by atoms with Gasteiger partial charge < -0.3 is 15.0 Å². The van der Waals surface area contributed by atoms with E-state index in [1.54, 1.807) is 19.4 Å². The summed E-state index contributed by atoms with van der Waals surface area (Å²) < 4.78 is 10.5. The zero-order chi connectivity index (χ0) is 14.9. The van der Waals surface area contributed by atoms with Crippen LogP contribution in [-0.4, -0.2) is 27.8 Å². The lowest BCUT2D eigenvalue weighted by molar-refractivity contribution is 0.223. The lowest BCUT2D eigenvalue weighted by atomic mass is 9.74. The van der Waals surface area contributed by atoms with E-state index in [1.165, 1.54) is 0 Å². The van der Waals surface area contributed by atoms with Crippen LogP contribution in [0.2, 0.25) is 0 Å². The van der Waals surface area contributed by atoms with E-state index in [2.05, 4.69) is 22.0 Å². The summed E-state index contributed by atoms with van der Waals surface area (Å²) in [5, 5.41) is 4.06. The van der Waals surface area contributed by atoms with Gasteiger partial charge in [-0.25, -0.2) is 4.98 Å². The molecule has 120 valence electrons. The average Bonchev–Trinajstić information content (AvgIpc) is 2.96. The summed E-state index contributed by atoms with van der Waals surface area (Å²) in [5.74, 6) is 1.86. The number of hydrogen-bond acceptors (Lipinski definition) is 6. The summed E-state index contributed by atoms with van der Waals surface area (Å²) in [6, 6.07) is 3.64. The Morgan fingerprint density at radius 3 is 2.82 bits per heavy atom. The van der Waals surface area contributed by atoms with Gasteiger partial charge in [-0.2, -0.15) is 4.98 Å². The van der Waals surface area contributed by atoms with Crippen LogP contribution >= 0.6 is 12.4 Å². The van der Waals surface area contributed by atoms with Crippen molar-refractivity contribution in [2.24, 2.45) is 5.73 Å². The molecule has 2 heterocycles. The molecule has 0 aromatic carbocycles. The fraction of sp³-hybridized carbons (Fsp3) is 0.533. The van der Waals surface area contributed by atoms with Crippen molar-refractivity contribution in [3.05, 3.63) is 24.2 Å². The Morgan fingerprint density at radius 1 is 1.36 bits per heavy atom. The van der Waals surface area contributed by atoms with Crippen molar-refractivity contribution in [2.45, 2.75) is 44.1 Å². The van der Waals surface area contributed by atoms with Gasteiger partial charge in [0.15, 0.2) is 0 Å². The van der Waals surface area contributed by atoms with Crippen LogP contribution in [0, 0.1) is 0 Å². The molecule has 0 aliphatic heterocycles. The smallest absolute Gasteiger partial charge is 0.231 e. The Balaban J connectivity index is 0.00000176. The minimum absolute atomic E-state index is 0. The number of ether oxygens (including phenoxy) is 1. The number of nitrogens with two attached hydrogens (primary N) is 1. The third kappa shape index (κ3) is 3.23. The van der Waals surface area contributed by atoms with E-state index in [9.17, 15) is 0 Å². The predicted molar refractivity (Wildman–Crippen MR) is 85.1 cm³/mol. The second-order valence-electron chi connectivity index (χ2n) is 5.85. The lowest BCUT2D eigenvalue weighted by Gasteiger charge is -2.35. The van der Waals surface area contributed by atoms with Gasteiger partial charge in [-0.05, 0) is 25.8 Å². The van der Waals surface area contributed by atoms with Crippen LogP contribution in [-0.2, 0) is 0 Å². The second kappa shape index (κ2) is 6.62. The number of methoxy groups -OCH3 is 1. The molecule has 3 rings (SSSR count). The maximum Gasteiger partial charge on any atom is 0.231 e. The van der Waals surface area contributed by atoms with Gasteiger partial charge in [0.1, 0.15) is 0 Å². The zero-order valence-corrected chi connectivity index (χ0v) is 13.6. The first-order valence-electron chi connectivity index (χ1n) is 7.23. The number of rotatable bonds is 3. The molecular formula is C15H21ClN4O2. The first-order valence-corrected chi connectivity index (χ1v) is 7.23. The Kier molecular flexibility index (Phi) is 5.03. The van der Waals surface area contributed by atoms with Crippen molar-refractivity contribution < 1.29 is 9.26 Å². The van der Waals surface area contributed by atoms with E-state index in [4.69, 9.17) is 15.0 Å². The molecule has 0 spiro atoms. The minimum atomic E-state index is -0.278. The topological polar surface area (TPSA) is 87.1 Å². The third-order valence-corrected chi connectivity index (χ3v) is 4.20. The Morgan fingerprint density at radius 2 is 2.18 bits per heavy atom. The molecule has 22 heavy (non-hydrogen) atoms. The molecule has 6 nitrogen and oxygen atoms in total. The maximum atomic E-state index is 6.38. The Labute approximate surface area is 135 Å². The van der Waals surface area contributed by atoms with Gasteiger partial charge in [-0.3, -0.25) is 0 Å². The number of pyridine rings is 1. The van der Waals surface area contributed by atoms with Crippen molar-refractivity contribution in [3.8, 4) is 17.3 Å². The van der Waals surface area contributed by atoms with Crippen molar-refractivity contribution in [2.75, 3.05) is 7.11 Å². The highest BCUT2D eigenvalue weighted by Gasteiger charge is 2.37. The van der Waals surface area contributed by atoms with E-state index in [0.717, 1.165) is 31.2 Å². The van der Waals surface area contributed by atoms with Crippen molar-refractivity contribution in [3.63, 3.8) is 0 Å². The summed E-state index contributed by atoms with van der Waals surface area (Å²) in [4.78, 5) is 8.67. The van der Waals surface area contributed by atoms with Crippen molar-refractivity contribution in [1.29, 1.82) is 0 Å². The van der Waals surface area contributed by atoms with E-state index in [-0.39, 0.29) is 23.9 Å². The van der Waals surface area contributed by atoms with E-state index >= 15 is 0 Å². The molecule has 0 radical (unpaired) electrons. The molecule has 7 heteroatoms. The van der Waals surface area contributed by atoms with Crippen LogP contribution in [0.3, 0.4) is 0 Å². The summed E-state index contributed by atoms with van der Waals surface area (Å²) in [6.07, 6.45) is 5.97. The number of nitrogens with zero attached hydrogens (tertiary/aromatic N) is 3. The molecule has 2 atom stereocenters. The van der Waals surface area contributed by atoms with Crippen LogP contribution in [0.5, 0.6) is 5.88 Å².